The number of ketones is 2. The zero-order valence-electron chi connectivity index (χ0n) is 22.4. The molecule has 5 atom stereocenters. The molecule has 0 heterocycles. The topological polar surface area (TPSA) is 173 Å². The Labute approximate surface area is 228 Å². The van der Waals surface area contributed by atoms with E-state index < -0.39 is 98.7 Å². The molecule has 7 N–H and O–H groups in total. The Kier molecular flexibility index (Phi) is 7.31. The number of hydrogen-bond acceptors (Lipinski definition) is 9. The number of primary amides is 1. The van der Waals surface area contributed by atoms with Crippen molar-refractivity contribution in [1.82, 2.24) is 10.2 Å². The molecular formula is C27H32F3N3O7. The number of likely N-dealkylation sites (N-methyl/N-ethyl adjacent to an activating group) is 1. The molecule has 0 radical (unpaired) electrons. The maximum Gasteiger partial charge on any atom is 0.417 e. The van der Waals surface area contributed by atoms with E-state index in [9.17, 15) is 48.0 Å². The fourth-order valence-corrected chi connectivity index (χ4v) is 6.30. The number of carbonyl (C=O) groups is 3. The molecule has 13 heteroatoms. The molecule has 1 saturated carbocycles. The monoisotopic (exact) mass is 567 g/mol. The van der Waals surface area contributed by atoms with Crippen LogP contribution in [0.3, 0.4) is 0 Å². The molecule has 0 bridgehead atoms. The number of phenolic OH excluding ortho intramolecular Hbond substituents is 1. The van der Waals surface area contributed by atoms with Crippen LogP contribution in [-0.2, 0) is 33.5 Å². The van der Waals surface area contributed by atoms with Crippen LogP contribution in [0, 0.1) is 11.8 Å². The number of nitrogens with one attached hydrogen (secondary N) is 1. The first-order valence-corrected chi connectivity index (χ1v) is 12.8. The smallest absolute Gasteiger partial charge is 0.417 e. The zero-order valence-corrected chi connectivity index (χ0v) is 22.4. The van der Waals surface area contributed by atoms with Crippen molar-refractivity contribution in [3.8, 4) is 5.75 Å². The summed E-state index contributed by atoms with van der Waals surface area (Å²) >= 11 is 0. The normalized spacial score (nSPS) is 27.5. The Morgan fingerprint density at radius 3 is 2.40 bits per heavy atom. The third-order valence-electron chi connectivity index (χ3n) is 8.34. The van der Waals surface area contributed by atoms with E-state index in [1.807, 2.05) is 6.92 Å². The number of aliphatic hydroxyl groups excluding tert-OH is 2. The zero-order chi connectivity index (χ0) is 30.1. The van der Waals surface area contributed by atoms with Crippen LogP contribution in [0.1, 0.15) is 48.9 Å². The van der Waals surface area contributed by atoms with Crippen molar-refractivity contribution in [1.29, 1.82) is 0 Å². The second kappa shape index (κ2) is 9.89. The predicted molar refractivity (Wildman–Crippen MR) is 136 cm³/mol. The first-order valence-electron chi connectivity index (χ1n) is 12.8. The van der Waals surface area contributed by atoms with Crippen LogP contribution in [0.4, 0.5) is 13.2 Å². The molecule has 218 valence electrons. The highest BCUT2D eigenvalue weighted by molar-refractivity contribution is 6.24. The van der Waals surface area contributed by atoms with E-state index in [1.165, 1.54) is 19.0 Å². The number of halogens is 3. The van der Waals surface area contributed by atoms with Gasteiger partial charge >= 0.3 is 6.18 Å². The summed E-state index contributed by atoms with van der Waals surface area (Å²) in [5, 5.41) is 47.3. The SMILES string of the molecule is CCC(C)NCc1cc(O)c2c(c1C(F)(F)F)C[C@H]1C[C@H]3[C@H](N(C)C)C(=O)C(C(N)=O)=C(O)[C@@]3(O)C(=O)C1=C2O. The molecule has 10 nitrogen and oxygen atoms in total. The van der Waals surface area contributed by atoms with Gasteiger partial charge in [-0.15, -0.1) is 0 Å². The third-order valence-corrected chi connectivity index (χ3v) is 8.34. The molecule has 0 saturated heterocycles. The predicted octanol–water partition coefficient (Wildman–Crippen LogP) is 1.87. The number of alkyl halides is 3. The van der Waals surface area contributed by atoms with E-state index in [2.05, 4.69) is 5.32 Å². The minimum atomic E-state index is -4.88. The van der Waals surface area contributed by atoms with Crippen molar-refractivity contribution in [3.05, 3.63) is 45.2 Å². The Bertz CT molecular complexity index is 1370. The van der Waals surface area contributed by atoms with Gasteiger partial charge in [0.15, 0.2) is 11.4 Å². The number of aromatic hydroxyl groups is 1. The van der Waals surface area contributed by atoms with Crippen LogP contribution in [0.2, 0.25) is 0 Å². The largest absolute Gasteiger partial charge is 0.508 e. The minimum Gasteiger partial charge on any atom is -0.508 e. The van der Waals surface area contributed by atoms with E-state index in [4.69, 9.17) is 5.73 Å². The molecule has 0 aromatic heterocycles. The highest BCUT2D eigenvalue weighted by Gasteiger charge is 2.64. The summed E-state index contributed by atoms with van der Waals surface area (Å²) in [4.78, 5) is 40.3. The van der Waals surface area contributed by atoms with E-state index in [0.29, 0.717) is 6.42 Å². The van der Waals surface area contributed by atoms with Gasteiger partial charge in [0.05, 0.1) is 17.2 Å². The molecule has 0 spiro atoms. The number of carbonyl (C=O) groups excluding carboxylic acids is 3. The lowest BCUT2D eigenvalue weighted by Crippen LogP contribution is -2.65. The number of nitrogens with two attached hydrogens (primary N) is 1. The standard InChI is InChI=1S/C27H32F3N3O7/c1-5-10(2)32-9-12-8-15(34)17-13(19(12)27(28,29)30)6-11-7-14-20(33(3)4)22(36)18(25(31)39)24(38)26(14,40)23(37)16(11)21(17)35/h8,10-11,14,20,32,34-35,38,40H,5-7,9H2,1-4H3,(H2,31,39)/t10?,11-,14-,20-,26-/m0/s1. The van der Waals surface area contributed by atoms with Crippen molar-refractivity contribution in [2.45, 2.75) is 63.5 Å². The van der Waals surface area contributed by atoms with Gasteiger partial charge in [0.2, 0.25) is 5.78 Å². The molecule has 0 aliphatic heterocycles. The molecule has 1 unspecified atom stereocenters. The molecule has 1 fully saturated rings. The first kappa shape index (κ1) is 29.6. The molecular weight excluding hydrogens is 535 g/mol. The van der Waals surface area contributed by atoms with Crippen molar-refractivity contribution in [2.24, 2.45) is 17.6 Å². The van der Waals surface area contributed by atoms with Gasteiger partial charge in [0.25, 0.3) is 5.91 Å². The second-order valence-corrected chi connectivity index (χ2v) is 10.9. The minimum absolute atomic E-state index is 0.120. The van der Waals surface area contributed by atoms with Crippen LogP contribution in [0.25, 0.3) is 5.76 Å². The first-order chi connectivity index (χ1) is 18.5. The van der Waals surface area contributed by atoms with Gasteiger partial charge in [0, 0.05) is 24.1 Å². The average molecular weight is 568 g/mol. The van der Waals surface area contributed by atoms with Gasteiger partial charge in [0.1, 0.15) is 22.8 Å². The number of Topliss-reactive ketones (excluding diaryl/α,β-unsaturated/α-hetero) is 2. The fraction of sp³-hybridized carbons (Fsp3) is 0.519. The highest BCUT2D eigenvalue weighted by atomic mass is 19.4. The van der Waals surface area contributed by atoms with Crippen LogP contribution in [0.15, 0.2) is 23.0 Å². The number of benzene rings is 1. The highest BCUT2D eigenvalue weighted by Crippen LogP contribution is 2.54. The Hall–Kier alpha value is -3.42. The van der Waals surface area contributed by atoms with Gasteiger partial charge < -0.3 is 31.5 Å². The molecule has 1 aromatic carbocycles. The summed E-state index contributed by atoms with van der Waals surface area (Å²) in [5.41, 5.74) is -1.40. The molecule has 4 rings (SSSR count). The van der Waals surface area contributed by atoms with E-state index in [0.717, 1.165) is 6.07 Å². The summed E-state index contributed by atoms with van der Waals surface area (Å²) in [6, 6.07) is -0.576. The number of hydrogen-bond donors (Lipinski definition) is 6. The molecule has 3 aliphatic carbocycles. The van der Waals surface area contributed by atoms with E-state index in [-0.39, 0.29) is 24.6 Å². The van der Waals surface area contributed by atoms with Crippen LogP contribution in [-0.4, -0.2) is 74.6 Å². The van der Waals surface area contributed by atoms with Crippen LogP contribution >= 0.6 is 0 Å². The lowest BCUT2D eigenvalue weighted by atomic mass is 9.57. The second-order valence-electron chi connectivity index (χ2n) is 10.9. The summed E-state index contributed by atoms with van der Waals surface area (Å²) in [7, 11) is 2.87. The number of amides is 1. The van der Waals surface area contributed by atoms with Crippen molar-refractivity contribution < 1.29 is 48.0 Å². The Morgan fingerprint density at radius 1 is 1.25 bits per heavy atom. The summed E-state index contributed by atoms with van der Waals surface area (Å²) in [6.07, 6.45) is -5.00. The Morgan fingerprint density at radius 2 is 1.88 bits per heavy atom. The number of aliphatic hydroxyl groups is 3. The number of nitrogens with zero attached hydrogens (tertiary/aromatic N) is 1. The van der Waals surface area contributed by atoms with Gasteiger partial charge in [-0.3, -0.25) is 19.3 Å². The van der Waals surface area contributed by atoms with Crippen LogP contribution in [0.5, 0.6) is 5.75 Å². The van der Waals surface area contributed by atoms with Gasteiger partial charge in [-0.2, -0.15) is 13.2 Å². The lowest BCUT2D eigenvalue weighted by Gasteiger charge is -2.50. The van der Waals surface area contributed by atoms with Crippen molar-refractivity contribution >= 4 is 23.2 Å². The van der Waals surface area contributed by atoms with Gasteiger partial charge in [-0.25, -0.2) is 0 Å². The van der Waals surface area contributed by atoms with E-state index >= 15 is 0 Å². The summed E-state index contributed by atoms with van der Waals surface area (Å²) in [5.74, 6) is -9.05. The van der Waals surface area contributed by atoms with Gasteiger partial charge in [-0.1, -0.05) is 6.92 Å². The van der Waals surface area contributed by atoms with Gasteiger partial charge in [-0.05, 0) is 63.4 Å². The van der Waals surface area contributed by atoms with Crippen molar-refractivity contribution in [2.75, 3.05) is 14.1 Å². The Balaban J connectivity index is 1.96. The number of phenols is 1. The quantitative estimate of drug-likeness (QED) is 0.281. The molecule has 1 amide bonds. The summed E-state index contributed by atoms with van der Waals surface area (Å²) in [6.45, 7) is 3.43. The van der Waals surface area contributed by atoms with Crippen LogP contribution < -0.4 is 11.1 Å². The maximum absolute atomic E-state index is 14.5. The van der Waals surface area contributed by atoms with Crippen molar-refractivity contribution in [3.63, 3.8) is 0 Å². The lowest BCUT2D eigenvalue weighted by molar-refractivity contribution is -0.153. The summed E-state index contributed by atoms with van der Waals surface area (Å²) < 4.78 is 43.4. The molecule has 40 heavy (non-hydrogen) atoms. The fourth-order valence-electron chi connectivity index (χ4n) is 6.30. The average Bonchev–Trinajstić information content (AvgIpc) is 2.83. The number of fused-ring (bicyclic) bond motifs is 3. The molecule has 1 aromatic rings. The third kappa shape index (κ3) is 4.27. The number of rotatable bonds is 6. The maximum atomic E-state index is 14.5. The molecule has 3 aliphatic rings. The van der Waals surface area contributed by atoms with E-state index in [1.54, 1.807) is 6.92 Å².